The van der Waals surface area contributed by atoms with E-state index in [1.165, 1.54) is 19.3 Å². The van der Waals surface area contributed by atoms with Crippen LogP contribution in [0, 0.1) is 23.2 Å². The van der Waals surface area contributed by atoms with Crippen LogP contribution in [-0.4, -0.2) is 0 Å². The second kappa shape index (κ2) is 2.87. The van der Waals surface area contributed by atoms with E-state index in [4.69, 9.17) is 5.26 Å². The fourth-order valence-corrected chi connectivity index (χ4v) is 1.51. The van der Waals surface area contributed by atoms with E-state index in [1.807, 2.05) is 0 Å². The van der Waals surface area contributed by atoms with Crippen LogP contribution in [0.2, 0.25) is 0 Å². The number of nitrogens with zero attached hydrogens (tertiary/aromatic N) is 1. The molecule has 0 spiro atoms. The Kier molecular flexibility index (Phi) is 2.10. The number of nitriles is 1. The minimum Gasteiger partial charge on any atom is -0.198 e. The van der Waals surface area contributed by atoms with Crippen molar-refractivity contribution >= 4 is 0 Å². The predicted molar refractivity (Wildman–Crippen MR) is 36.7 cm³/mol. The van der Waals surface area contributed by atoms with Gasteiger partial charge in [0.2, 0.25) is 0 Å². The maximum absolute atomic E-state index is 8.61. The number of rotatable bonds is 0. The lowest BCUT2D eigenvalue weighted by Crippen LogP contribution is -2.14. The Morgan fingerprint density at radius 1 is 1.33 bits per heavy atom. The second-order valence-corrected chi connectivity index (χ2v) is 3.00. The Balaban J connectivity index is 2.41. The molecule has 0 N–H and O–H groups in total. The zero-order chi connectivity index (χ0) is 6.69. The quantitative estimate of drug-likeness (QED) is 0.485. The Hall–Kier alpha value is -0.510. The molecule has 1 aliphatic carbocycles. The molecule has 9 heavy (non-hydrogen) atoms. The SMILES string of the molecule is C[C@H]1CCCCC1C#N. The molecule has 1 fully saturated rings. The first-order chi connectivity index (χ1) is 4.34. The summed E-state index contributed by atoms with van der Waals surface area (Å²) in [7, 11) is 0. The van der Waals surface area contributed by atoms with E-state index >= 15 is 0 Å². The van der Waals surface area contributed by atoms with Crippen molar-refractivity contribution in [2.24, 2.45) is 11.8 Å². The summed E-state index contributed by atoms with van der Waals surface area (Å²) in [5.74, 6) is 1.02. The molecule has 1 unspecified atom stereocenters. The molecule has 0 heterocycles. The van der Waals surface area contributed by atoms with E-state index in [9.17, 15) is 0 Å². The molecule has 0 amide bonds. The molecule has 50 valence electrons. The Bertz CT molecular complexity index is 123. The fourth-order valence-electron chi connectivity index (χ4n) is 1.51. The van der Waals surface area contributed by atoms with Gasteiger partial charge in [0.15, 0.2) is 0 Å². The molecule has 1 aliphatic rings. The highest BCUT2D eigenvalue weighted by atomic mass is 14.3. The lowest BCUT2D eigenvalue weighted by atomic mass is 9.81. The van der Waals surface area contributed by atoms with Crippen molar-refractivity contribution < 1.29 is 0 Å². The van der Waals surface area contributed by atoms with E-state index in [-0.39, 0.29) is 0 Å². The minimum absolute atomic E-state index is 0.360. The molecule has 0 aromatic heterocycles. The Morgan fingerprint density at radius 2 is 2.00 bits per heavy atom. The highest BCUT2D eigenvalue weighted by Crippen LogP contribution is 2.28. The molecular formula is C8H13N. The lowest BCUT2D eigenvalue weighted by Gasteiger charge is -2.22. The van der Waals surface area contributed by atoms with Crippen molar-refractivity contribution in [2.75, 3.05) is 0 Å². The van der Waals surface area contributed by atoms with Crippen LogP contribution >= 0.6 is 0 Å². The Labute approximate surface area is 56.7 Å². The summed E-state index contributed by atoms with van der Waals surface area (Å²) >= 11 is 0. The van der Waals surface area contributed by atoms with Gasteiger partial charge in [-0.2, -0.15) is 5.26 Å². The van der Waals surface area contributed by atoms with E-state index in [1.54, 1.807) is 0 Å². The van der Waals surface area contributed by atoms with Crippen LogP contribution in [0.15, 0.2) is 0 Å². The number of hydrogen-bond acceptors (Lipinski definition) is 1. The van der Waals surface area contributed by atoms with Crippen LogP contribution < -0.4 is 0 Å². The fraction of sp³-hybridized carbons (Fsp3) is 0.875. The van der Waals surface area contributed by atoms with Gasteiger partial charge in [-0.1, -0.05) is 19.8 Å². The maximum Gasteiger partial charge on any atom is 0.0658 e. The van der Waals surface area contributed by atoms with Gasteiger partial charge in [-0.25, -0.2) is 0 Å². The van der Waals surface area contributed by atoms with Gasteiger partial charge in [-0.15, -0.1) is 0 Å². The third-order valence-electron chi connectivity index (χ3n) is 2.28. The van der Waals surface area contributed by atoms with Gasteiger partial charge in [0.25, 0.3) is 0 Å². The van der Waals surface area contributed by atoms with Crippen molar-refractivity contribution in [1.82, 2.24) is 0 Å². The molecule has 0 bridgehead atoms. The summed E-state index contributed by atoms with van der Waals surface area (Å²) in [5.41, 5.74) is 0. The first kappa shape index (κ1) is 6.61. The molecule has 2 atom stereocenters. The van der Waals surface area contributed by atoms with Gasteiger partial charge in [0.1, 0.15) is 0 Å². The summed E-state index contributed by atoms with van der Waals surface area (Å²) in [4.78, 5) is 0. The standard InChI is InChI=1S/C8H13N/c1-7-4-2-3-5-8(7)6-9/h7-8H,2-5H2,1H3/t7-,8?/m0/s1. The van der Waals surface area contributed by atoms with Crippen LogP contribution in [0.1, 0.15) is 32.6 Å². The van der Waals surface area contributed by atoms with Crippen molar-refractivity contribution in [3.8, 4) is 6.07 Å². The molecular weight excluding hydrogens is 110 g/mol. The third kappa shape index (κ3) is 1.45. The lowest BCUT2D eigenvalue weighted by molar-refractivity contribution is 0.313. The molecule has 1 nitrogen and oxygen atoms in total. The first-order valence-corrected chi connectivity index (χ1v) is 3.74. The topological polar surface area (TPSA) is 23.8 Å². The predicted octanol–water partition coefficient (Wildman–Crippen LogP) is 2.34. The van der Waals surface area contributed by atoms with Crippen LogP contribution in [0.5, 0.6) is 0 Å². The number of hydrogen-bond donors (Lipinski definition) is 0. The van der Waals surface area contributed by atoms with E-state index in [0.29, 0.717) is 11.8 Å². The van der Waals surface area contributed by atoms with Gasteiger partial charge in [0.05, 0.1) is 6.07 Å². The van der Waals surface area contributed by atoms with Crippen LogP contribution in [0.3, 0.4) is 0 Å². The summed E-state index contributed by atoms with van der Waals surface area (Å²) < 4.78 is 0. The van der Waals surface area contributed by atoms with Gasteiger partial charge < -0.3 is 0 Å². The zero-order valence-electron chi connectivity index (χ0n) is 5.93. The second-order valence-electron chi connectivity index (χ2n) is 3.00. The minimum atomic E-state index is 0.360. The largest absolute Gasteiger partial charge is 0.198 e. The normalized spacial score (nSPS) is 35.6. The van der Waals surface area contributed by atoms with Gasteiger partial charge in [0, 0.05) is 5.92 Å². The van der Waals surface area contributed by atoms with Gasteiger partial charge >= 0.3 is 0 Å². The molecule has 0 aliphatic heterocycles. The van der Waals surface area contributed by atoms with Crippen molar-refractivity contribution in [2.45, 2.75) is 32.6 Å². The molecule has 0 aromatic carbocycles. The molecule has 1 rings (SSSR count). The summed E-state index contributed by atoms with van der Waals surface area (Å²) in [6.45, 7) is 2.19. The first-order valence-electron chi connectivity index (χ1n) is 3.74. The van der Waals surface area contributed by atoms with Gasteiger partial charge in [-0.3, -0.25) is 0 Å². The van der Waals surface area contributed by atoms with Crippen LogP contribution in [-0.2, 0) is 0 Å². The van der Waals surface area contributed by atoms with E-state index in [2.05, 4.69) is 13.0 Å². The average Bonchev–Trinajstić information content (AvgIpc) is 1.89. The molecule has 1 saturated carbocycles. The summed E-state index contributed by atoms with van der Waals surface area (Å²) in [6, 6.07) is 2.35. The molecule has 1 heteroatoms. The zero-order valence-corrected chi connectivity index (χ0v) is 5.93. The summed E-state index contributed by atoms with van der Waals surface area (Å²) in [5, 5.41) is 8.61. The molecule has 0 saturated heterocycles. The monoisotopic (exact) mass is 123 g/mol. The van der Waals surface area contributed by atoms with Crippen LogP contribution in [0.4, 0.5) is 0 Å². The third-order valence-corrected chi connectivity index (χ3v) is 2.28. The van der Waals surface area contributed by atoms with Crippen LogP contribution in [0.25, 0.3) is 0 Å². The molecule has 0 radical (unpaired) electrons. The maximum atomic E-state index is 8.61. The molecule has 0 aromatic rings. The van der Waals surface area contributed by atoms with Crippen molar-refractivity contribution in [3.63, 3.8) is 0 Å². The highest BCUT2D eigenvalue weighted by Gasteiger charge is 2.19. The van der Waals surface area contributed by atoms with E-state index < -0.39 is 0 Å². The van der Waals surface area contributed by atoms with E-state index in [0.717, 1.165) is 6.42 Å². The average molecular weight is 123 g/mol. The van der Waals surface area contributed by atoms with Crippen molar-refractivity contribution in [1.29, 1.82) is 5.26 Å². The van der Waals surface area contributed by atoms with Crippen molar-refractivity contribution in [3.05, 3.63) is 0 Å². The Morgan fingerprint density at radius 3 is 2.44 bits per heavy atom. The highest BCUT2D eigenvalue weighted by molar-refractivity contribution is 4.88. The smallest absolute Gasteiger partial charge is 0.0658 e. The van der Waals surface area contributed by atoms with Gasteiger partial charge in [-0.05, 0) is 18.8 Å². The summed E-state index contributed by atoms with van der Waals surface area (Å²) in [6.07, 6.45) is 5.00.